The number of rotatable bonds is 4. The highest BCUT2D eigenvalue weighted by molar-refractivity contribution is 6.34. The summed E-state index contributed by atoms with van der Waals surface area (Å²) < 4.78 is 0. The molecule has 1 aliphatic rings. The maximum absolute atomic E-state index is 12.4. The Morgan fingerprint density at radius 2 is 1.80 bits per heavy atom. The first-order chi connectivity index (χ1) is 12.1. The Morgan fingerprint density at radius 3 is 2.44 bits per heavy atom. The average Bonchev–Trinajstić information content (AvgIpc) is 2.64. The van der Waals surface area contributed by atoms with Crippen molar-refractivity contribution in [1.29, 1.82) is 0 Å². The Balaban J connectivity index is 1.94. The predicted octanol–water partition coefficient (Wildman–Crippen LogP) is 4.49. The van der Waals surface area contributed by atoms with Crippen LogP contribution in [0.1, 0.15) is 29.6 Å². The van der Waals surface area contributed by atoms with Gasteiger partial charge in [-0.3, -0.25) is 14.9 Å². The van der Waals surface area contributed by atoms with Crippen molar-refractivity contribution in [2.24, 2.45) is 0 Å². The molecule has 2 aromatic rings. The fourth-order valence-electron chi connectivity index (χ4n) is 2.97. The lowest BCUT2D eigenvalue weighted by atomic mass is 10.1. The lowest BCUT2D eigenvalue weighted by Gasteiger charge is -2.29. The van der Waals surface area contributed by atoms with E-state index in [4.69, 9.17) is 11.6 Å². The summed E-state index contributed by atoms with van der Waals surface area (Å²) in [4.78, 5) is 25.3. The summed E-state index contributed by atoms with van der Waals surface area (Å²) in [6, 6.07) is 11.7. The molecule has 2 aromatic carbocycles. The molecule has 0 saturated carbocycles. The highest BCUT2D eigenvalue weighted by atomic mass is 35.5. The van der Waals surface area contributed by atoms with E-state index in [1.165, 1.54) is 6.07 Å². The quantitative estimate of drug-likeness (QED) is 0.644. The van der Waals surface area contributed by atoms with Gasteiger partial charge >= 0.3 is 0 Å². The summed E-state index contributed by atoms with van der Waals surface area (Å²) in [5.74, 6) is -0.305. The van der Waals surface area contributed by atoms with Gasteiger partial charge in [-0.25, -0.2) is 0 Å². The van der Waals surface area contributed by atoms with Gasteiger partial charge in [0.2, 0.25) is 0 Å². The maximum atomic E-state index is 12.4. The molecule has 1 heterocycles. The molecule has 0 atom stereocenters. The van der Waals surface area contributed by atoms with Crippen molar-refractivity contribution >= 4 is 34.6 Å². The molecule has 1 aliphatic heterocycles. The molecule has 1 N–H and O–H groups in total. The fraction of sp³-hybridized carbons (Fsp3) is 0.278. The number of benzene rings is 2. The number of nitro groups is 1. The fourth-order valence-corrected chi connectivity index (χ4v) is 3.17. The topological polar surface area (TPSA) is 75.5 Å². The van der Waals surface area contributed by atoms with Crippen LogP contribution >= 0.6 is 11.6 Å². The van der Waals surface area contributed by atoms with E-state index >= 15 is 0 Å². The Bertz CT molecular complexity index is 790. The van der Waals surface area contributed by atoms with E-state index in [9.17, 15) is 14.9 Å². The Kier molecular flexibility index (Phi) is 5.19. The number of piperidine rings is 1. The first kappa shape index (κ1) is 17.2. The van der Waals surface area contributed by atoms with Crippen LogP contribution in [0.4, 0.5) is 17.1 Å². The Hall–Kier alpha value is -2.60. The first-order valence-electron chi connectivity index (χ1n) is 8.15. The number of carbonyl (C=O) groups is 1. The minimum atomic E-state index is -0.432. The van der Waals surface area contributed by atoms with E-state index < -0.39 is 4.92 Å². The van der Waals surface area contributed by atoms with Crippen molar-refractivity contribution < 1.29 is 9.72 Å². The van der Waals surface area contributed by atoms with Crippen LogP contribution in [-0.2, 0) is 0 Å². The lowest BCUT2D eigenvalue weighted by molar-refractivity contribution is -0.384. The molecule has 1 fully saturated rings. The van der Waals surface area contributed by atoms with Crippen molar-refractivity contribution in [1.82, 2.24) is 0 Å². The molecule has 130 valence electrons. The van der Waals surface area contributed by atoms with Crippen molar-refractivity contribution in [2.45, 2.75) is 19.3 Å². The highest BCUT2D eigenvalue weighted by Gasteiger charge is 2.24. The van der Waals surface area contributed by atoms with Crippen molar-refractivity contribution in [3.05, 3.63) is 63.2 Å². The molecule has 0 spiro atoms. The van der Waals surface area contributed by atoms with Gasteiger partial charge in [-0.05, 0) is 37.5 Å². The predicted molar refractivity (Wildman–Crippen MR) is 98.6 cm³/mol. The lowest BCUT2D eigenvalue weighted by Crippen LogP contribution is -2.30. The second-order valence-corrected chi connectivity index (χ2v) is 6.35. The van der Waals surface area contributed by atoms with Crippen molar-refractivity contribution in [3.8, 4) is 0 Å². The standard InChI is InChI=1S/C18H18ClN3O3/c19-14-11-17(22(24)25)16(21-9-5-2-6-10-21)12-15(14)20-18(23)13-7-3-1-4-8-13/h1,3-4,7-8,11-12H,2,5-6,9-10H2,(H,20,23). The molecule has 25 heavy (non-hydrogen) atoms. The molecule has 3 rings (SSSR count). The van der Waals surface area contributed by atoms with Crippen LogP contribution in [0.2, 0.25) is 5.02 Å². The molecule has 0 unspecified atom stereocenters. The summed E-state index contributed by atoms with van der Waals surface area (Å²) in [6.45, 7) is 1.52. The molecule has 6 nitrogen and oxygen atoms in total. The second kappa shape index (κ2) is 7.53. The van der Waals surface area contributed by atoms with E-state index in [1.807, 2.05) is 11.0 Å². The van der Waals surface area contributed by atoms with Gasteiger partial charge in [0.25, 0.3) is 11.6 Å². The van der Waals surface area contributed by atoms with Gasteiger partial charge in [0.15, 0.2) is 0 Å². The smallest absolute Gasteiger partial charge is 0.294 e. The highest BCUT2D eigenvalue weighted by Crippen LogP contribution is 2.37. The van der Waals surface area contributed by atoms with Gasteiger partial charge in [0.05, 0.1) is 15.6 Å². The van der Waals surface area contributed by atoms with Crippen LogP contribution in [0, 0.1) is 10.1 Å². The Labute approximate surface area is 150 Å². The number of amides is 1. The monoisotopic (exact) mass is 359 g/mol. The second-order valence-electron chi connectivity index (χ2n) is 5.95. The molecule has 1 saturated heterocycles. The number of nitrogens with one attached hydrogen (secondary N) is 1. The minimum Gasteiger partial charge on any atom is -0.366 e. The van der Waals surface area contributed by atoms with E-state index in [2.05, 4.69) is 5.32 Å². The van der Waals surface area contributed by atoms with E-state index in [0.717, 1.165) is 32.4 Å². The van der Waals surface area contributed by atoms with Gasteiger partial charge in [-0.1, -0.05) is 29.8 Å². The summed E-state index contributed by atoms with van der Waals surface area (Å²) >= 11 is 6.18. The van der Waals surface area contributed by atoms with Gasteiger partial charge in [0.1, 0.15) is 5.69 Å². The molecule has 0 aliphatic carbocycles. The van der Waals surface area contributed by atoms with Crippen molar-refractivity contribution in [3.63, 3.8) is 0 Å². The third-order valence-electron chi connectivity index (χ3n) is 4.24. The summed E-state index contributed by atoms with van der Waals surface area (Å²) in [5.41, 5.74) is 1.33. The van der Waals surface area contributed by atoms with Crippen LogP contribution < -0.4 is 10.2 Å². The molecule has 0 bridgehead atoms. The summed E-state index contributed by atoms with van der Waals surface area (Å²) in [5, 5.41) is 14.3. The summed E-state index contributed by atoms with van der Waals surface area (Å²) in [7, 11) is 0. The number of nitrogens with zero attached hydrogens (tertiary/aromatic N) is 2. The zero-order valence-corrected chi connectivity index (χ0v) is 14.3. The zero-order valence-electron chi connectivity index (χ0n) is 13.6. The number of nitro benzene ring substituents is 1. The third-order valence-corrected chi connectivity index (χ3v) is 4.55. The normalized spacial score (nSPS) is 14.2. The number of anilines is 2. The molecular formula is C18H18ClN3O3. The van der Waals surface area contributed by atoms with Crippen LogP contribution in [0.25, 0.3) is 0 Å². The molecule has 0 radical (unpaired) electrons. The molecule has 7 heteroatoms. The number of halogens is 1. The zero-order chi connectivity index (χ0) is 17.8. The molecular weight excluding hydrogens is 342 g/mol. The van der Waals surface area contributed by atoms with Gasteiger partial charge in [-0.2, -0.15) is 0 Å². The largest absolute Gasteiger partial charge is 0.366 e. The maximum Gasteiger partial charge on any atom is 0.294 e. The van der Waals surface area contributed by atoms with Crippen molar-refractivity contribution in [2.75, 3.05) is 23.3 Å². The molecule has 0 aromatic heterocycles. The van der Waals surface area contributed by atoms with Crippen LogP contribution in [0.3, 0.4) is 0 Å². The Morgan fingerprint density at radius 1 is 1.12 bits per heavy atom. The van der Waals surface area contributed by atoms with E-state index in [-0.39, 0.29) is 16.6 Å². The number of hydrogen-bond acceptors (Lipinski definition) is 4. The van der Waals surface area contributed by atoms with Gasteiger partial charge < -0.3 is 10.2 Å². The van der Waals surface area contributed by atoms with Crippen LogP contribution in [0.15, 0.2) is 42.5 Å². The summed E-state index contributed by atoms with van der Waals surface area (Å²) in [6.07, 6.45) is 3.10. The molecule has 1 amide bonds. The van der Waals surface area contributed by atoms with E-state index in [0.29, 0.717) is 16.9 Å². The first-order valence-corrected chi connectivity index (χ1v) is 8.53. The van der Waals surface area contributed by atoms with Crippen LogP contribution in [0.5, 0.6) is 0 Å². The average molecular weight is 360 g/mol. The SMILES string of the molecule is O=C(Nc1cc(N2CCCCC2)c([N+](=O)[O-])cc1Cl)c1ccccc1. The van der Waals surface area contributed by atoms with Gasteiger partial charge in [0, 0.05) is 24.7 Å². The number of hydrogen-bond donors (Lipinski definition) is 1. The number of carbonyl (C=O) groups excluding carboxylic acids is 1. The van der Waals surface area contributed by atoms with E-state index in [1.54, 1.807) is 30.3 Å². The van der Waals surface area contributed by atoms with Crippen LogP contribution in [-0.4, -0.2) is 23.9 Å². The minimum absolute atomic E-state index is 0.0374. The third kappa shape index (κ3) is 3.91. The van der Waals surface area contributed by atoms with Gasteiger partial charge in [-0.15, -0.1) is 0 Å².